The molecular weight excluding hydrogens is 200 g/mol. The number of nitrogens with two attached hydrogens (primary N) is 1. The number of hydrogen-bond acceptors (Lipinski definition) is 4. The molecule has 1 rings (SSSR count). The SMILES string of the molecule is CCC(CC)Nc1cc(N)nc(C(C)C)n1. The van der Waals surface area contributed by atoms with Crippen molar-refractivity contribution < 1.29 is 0 Å². The molecule has 0 unspecified atom stereocenters. The van der Waals surface area contributed by atoms with Gasteiger partial charge in [0.15, 0.2) is 0 Å². The van der Waals surface area contributed by atoms with Gasteiger partial charge in [-0.15, -0.1) is 0 Å². The van der Waals surface area contributed by atoms with E-state index in [4.69, 9.17) is 5.73 Å². The van der Waals surface area contributed by atoms with E-state index in [2.05, 4.69) is 43.0 Å². The zero-order valence-corrected chi connectivity index (χ0v) is 10.6. The zero-order valence-electron chi connectivity index (χ0n) is 10.6. The average molecular weight is 222 g/mol. The summed E-state index contributed by atoms with van der Waals surface area (Å²) in [6.45, 7) is 8.45. The molecule has 4 nitrogen and oxygen atoms in total. The summed E-state index contributed by atoms with van der Waals surface area (Å²) in [5.74, 6) is 2.47. The number of hydrogen-bond donors (Lipinski definition) is 2. The Kier molecular flexibility index (Phi) is 4.52. The van der Waals surface area contributed by atoms with Crippen molar-refractivity contribution in [2.24, 2.45) is 0 Å². The predicted molar refractivity (Wildman–Crippen MR) is 68.5 cm³/mol. The molecule has 0 spiro atoms. The molecule has 90 valence electrons. The first-order valence-electron chi connectivity index (χ1n) is 5.97. The van der Waals surface area contributed by atoms with E-state index in [-0.39, 0.29) is 0 Å². The van der Waals surface area contributed by atoms with E-state index < -0.39 is 0 Å². The summed E-state index contributed by atoms with van der Waals surface area (Å²) >= 11 is 0. The highest BCUT2D eigenvalue weighted by Crippen LogP contribution is 2.16. The molecule has 0 aliphatic carbocycles. The molecule has 1 aromatic rings. The Labute approximate surface area is 97.7 Å². The maximum atomic E-state index is 5.76. The van der Waals surface area contributed by atoms with Crippen LogP contribution in [0, 0.1) is 0 Å². The van der Waals surface area contributed by atoms with Crippen molar-refractivity contribution in [3.05, 3.63) is 11.9 Å². The third-order valence-corrected chi connectivity index (χ3v) is 2.62. The Balaban J connectivity index is 2.87. The molecule has 3 N–H and O–H groups in total. The van der Waals surface area contributed by atoms with Crippen molar-refractivity contribution in [2.75, 3.05) is 11.1 Å². The molecule has 0 bridgehead atoms. The van der Waals surface area contributed by atoms with E-state index in [0.717, 1.165) is 24.5 Å². The molecule has 0 aromatic carbocycles. The van der Waals surface area contributed by atoms with Crippen molar-refractivity contribution in [3.63, 3.8) is 0 Å². The van der Waals surface area contributed by atoms with E-state index in [1.165, 1.54) is 0 Å². The Hall–Kier alpha value is -1.32. The van der Waals surface area contributed by atoms with Crippen LogP contribution < -0.4 is 11.1 Å². The van der Waals surface area contributed by atoms with Gasteiger partial charge < -0.3 is 11.1 Å². The van der Waals surface area contributed by atoms with Gasteiger partial charge in [-0.25, -0.2) is 9.97 Å². The van der Waals surface area contributed by atoms with Gasteiger partial charge in [0.25, 0.3) is 0 Å². The molecule has 0 saturated heterocycles. The molecular formula is C12H22N4. The fourth-order valence-electron chi connectivity index (χ4n) is 1.52. The van der Waals surface area contributed by atoms with Crippen LogP contribution >= 0.6 is 0 Å². The number of aromatic nitrogens is 2. The van der Waals surface area contributed by atoms with Crippen molar-refractivity contribution >= 4 is 11.6 Å². The van der Waals surface area contributed by atoms with Gasteiger partial charge in [0.2, 0.25) is 0 Å². The fraction of sp³-hybridized carbons (Fsp3) is 0.667. The minimum Gasteiger partial charge on any atom is -0.384 e. The van der Waals surface area contributed by atoms with Crippen LogP contribution in [0.2, 0.25) is 0 Å². The minimum atomic E-state index is 0.297. The molecule has 0 aliphatic rings. The number of nitrogens with zero attached hydrogens (tertiary/aromatic N) is 2. The highest BCUT2D eigenvalue weighted by molar-refractivity contribution is 5.45. The van der Waals surface area contributed by atoms with E-state index in [0.29, 0.717) is 17.8 Å². The van der Waals surface area contributed by atoms with Gasteiger partial charge in [-0.3, -0.25) is 0 Å². The maximum Gasteiger partial charge on any atom is 0.135 e. The van der Waals surface area contributed by atoms with Crippen LogP contribution in [-0.4, -0.2) is 16.0 Å². The van der Waals surface area contributed by atoms with Crippen molar-refractivity contribution in [1.82, 2.24) is 9.97 Å². The van der Waals surface area contributed by atoms with Gasteiger partial charge in [0.1, 0.15) is 17.5 Å². The molecule has 1 aromatic heterocycles. The van der Waals surface area contributed by atoms with E-state index >= 15 is 0 Å². The number of anilines is 2. The highest BCUT2D eigenvalue weighted by Gasteiger charge is 2.09. The normalized spacial score (nSPS) is 11.1. The first-order valence-corrected chi connectivity index (χ1v) is 5.97. The monoisotopic (exact) mass is 222 g/mol. The molecule has 1 heterocycles. The molecule has 4 heteroatoms. The maximum absolute atomic E-state index is 5.76. The smallest absolute Gasteiger partial charge is 0.135 e. The van der Waals surface area contributed by atoms with E-state index in [9.17, 15) is 0 Å². The van der Waals surface area contributed by atoms with Gasteiger partial charge >= 0.3 is 0 Å². The van der Waals surface area contributed by atoms with Gasteiger partial charge in [-0.05, 0) is 12.8 Å². The van der Waals surface area contributed by atoms with Crippen LogP contribution in [0.4, 0.5) is 11.6 Å². The summed E-state index contributed by atoms with van der Waals surface area (Å²) in [6.07, 6.45) is 2.16. The second kappa shape index (κ2) is 5.68. The average Bonchev–Trinajstić information content (AvgIpc) is 2.25. The van der Waals surface area contributed by atoms with Gasteiger partial charge in [-0.1, -0.05) is 27.7 Å². The van der Waals surface area contributed by atoms with Crippen molar-refractivity contribution in [1.29, 1.82) is 0 Å². The predicted octanol–water partition coefficient (Wildman–Crippen LogP) is 2.78. The fourth-order valence-corrected chi connectivity index (χ4v) is 1.52. The summed E-state index contributed by atoms with van der Waals surface area (Å²) in [5.41, 5.74) is 5.76. The highest BCUT2D eigenvalue weighted by atomic mass is 15.1. The molecule has 0 fully saturated rings. The van der Waals surface area contributed by atoms with Crippen LogP contribution in [-0.2, 0) is 0 Å². The first kappa shape index (κ1) is 12.7. The quantitative estimate of drug-likeness (QED) is 0.804. The lowest BCUT2D eigenvalue weighted by Crippen LogP contribution is -2.19. The molecule has 0 aliphatic heterocycles. The van der Waals surface area contributed by atoms with Crippen LogP contribution in [0.25, 0.3) is 0 Å². The minimum absolute atomic E-state index is 0.297. The third kappa shape index (κ3) is 3.36. The van der Waals surface area contributed by atoms with Crippen LogP contribution in [0.5, 0.6) is 0 Å². The van der Waals surface area contributed by atoms with E-state index in [1.807, 2.05) is 0 Å². The Morgan fingerprint density at radius 3 is 2.38 bits per heavy atom. The summed E-state index contributed by atoms with van der Waals surface area (Å²) in [6, 6.07) is 2.25. The van der Waals surface area contributed by atoms with Crippen LogP contribution in [0.3, 0.4) is 0 Å². The molecule has 0 radical (unpaired) electrons. The molecule has 0 amide bonds. The Bertz CT molecular complexity index is 332. The zero-order chi connectivity index (χ0) is 12.1. The lowest BCUT2D eigenvalue weighted by molar-refractivity contribution is 0.665. The van der Waals surface area contributed by atoms with Gasteiger partial charge in [0.05, 0.1) is 0 Å². The van der Waals surface area contributed by atoms with Gasteiger partial charge in [-0.2, -0.15) is 0 Å². The summed E-state index contributed by atoms with van der Waals surface area (Å²) in [7, 11) is 0. The number of rotatable bonds is 5. The first-order chi connectivity index (χ1) is 7.56. The van der Waals surface area contributed by atoms with Gasteiger partial charge in [0, 0.05) is 18.0 Å². The van der Waals surface area contributed by atoms with Crippen molar-refractivity contribution in [3.8, 4) is 0 Å². The standard InChI is InChI=1S/C12H22N4/c1-5-9(6-2)14-11-7-10(13)15-12(16-11)8(3)4/h7-9H,5-6H2,1-4H3,(H3,13,14,15,16). The molecule has 16 heavy (non-hydrogen) atoms. The largest absolute Gasteiger partial charge is 0.384 e. The molecule has 0 saturated carbocycles. The summed E-state index contributed by atoms with van der Waals surface area (Å²) in [4.78, 5) is 8.69. The number of nitrogens with one attached hydrogen (secondary N) is 1. The topological polar surface area (TPSA) is 63.8 Å². The number of nitrogen functional groups attached to an aromatic ring is 1. The second-order valence-electron chi connectivity index (χ2n) is 4.35. The second-order valence-corrected chi connectivity index (χ2v) is 4.35. The Morgan fingerprint density at radius 1 is 1.25 bits per heavy atom. The summed E-state index contributed by atoms with van der Waals surface area (Å²) < 4.78 is 0. The van der Waals surface area contributed by atoms with E-state index in [1.54, 1.807) is 6.07 Å². The third-order valence-electron chi connectivity index (χ3n) is 2.62. The summed E-state index contributed by atoms with van der Waals surface area (Å²) in [5, 5.41) is 3.38. The lowest BCUT2D eigenvalue weighted by atomic mass is 10.1. The van der Waals surface area contributed by atoms with Crippen molar-refractivity contribution in [2.45, 2.75) is 52.5 Å². The molecule has 0 atom stereocenters. The Morgan fingerprint density at radius 2 is 1.88 bits per heavy atom. The van der Waals surface area contributed by atoms with Crippen LogP contribution in [0.1, 0.15) is 52.3 Å². The van der Waals surface area contributed by atoms with Crippen LogP contribution in [0.15, 0.2) is 6.07 Å². The lowest BCUT2D eigenvalue weighted by Gasteiger charge is -2.16.